The summed E-state index contributed by atoms with van der Waals surface area (Å²) in [7, 11) is 1.59. The van der Waals surface area contributed by atoms with E-state index in [-0.39, 0.29) is 25.0 Å². The van der Waals surface area contributed by atoms with Crippen LogP contribution in [0.1, 0.15) is 36.6 Å². The molecule has 0 aliphatic carbocycles. The van der Waals surface area contributed by atoms with E-state index >= 15 is 0 Å². The number of nitrogens with one attached hydrogen (secondary N) is 3. The number of fused-ring (bicyclic) bond motifs is 1. The largest absolute Gasteiger partial charge is 0.497 e. The van der Waals surface area contributed by atoms with Crippen LogP contribution in [-0.4, -0.2) is 29.6 Å². The molecule has 7 heteroatoms. The van der Waals surface area contributed by atoms with Gasteiger partial charge < -0.3 is 25.1 Å². The maximum absolute atomic E-state index is 13.6. The Hall–Kier alpha value is -4.26. The highest BCUT2D eigenvalue weighted by atomic mass is 16.5. The standard InChI is InChI=1S/C29H31N3O4/c1-20(22-9-5-4-6-10-22)31-27(33)29(2,17-23-18-30-26-12-8-7-11-25(23)26)32-28(34)36-19-21-13-15-24(35-3)16-14-21/h4-16,18,20,30H,17,19H2,1-3H3,(H,31,33)(H,32,34)/t20-,29+/m0/s1. The topological polar surface area (TPSA) is 92.5 Å². The lowest BCUT2D eigenvalue weighted by atomic mass is 9.91. The van der Waals surface area contributed by atoms with Gasteiger partial charge in [-0.2, -0.15) is 0 Å². The lowest BCUT2D eigenvalue weighted by Crippen LogP contribution is -2.58. The van der Waals surface area contributed by atoms with Crippen LogP contribution in [0.2, 0.25) is 0 Å². The third-order valence-corrected chi connectivity index (χ3v) is 6.27. The molecule has 1 aromatic heterocycles. The fraction of sp³-hybridized carbons (Fsp3) is 0.241. The Morgan fingerprint density at radius 2 is 1.67 bits per heavy atom. The van der Waals surface area contributed by atoms with Crippen LogP contribution in [0.5, 0.6) is 5.75 Å². The minimum atomic E-state index is -1.26. The molecule has 0 saturated carbocycles. The second-order valence-electron chi connectivity index (χ2n) is 9.02. The first kappa shape index (κ1) is 24.9. The van der Waals surface area contributed by atoms with Crippen LogP contribution in [0.25, 0.3) is 10.9 Å². The van der Waals surface area contributed by atoms with Gasteiger partial charge in [0.1, 0.15) is 17.9 Å². The van der Waals surface area contributed by atoms with Gasteiger partial charge in [0.05, 0.1) is 13.2 Å². The lowest BCUT2D eigenvalue weighted by molar-refractivity contribution is -0.127. The van der Waals surface area contributed by atoms with Gasteiger partial charge in [-0.25, -0.2) is 4.79 Å². The molecule has 0 fully saturated rings. The molecular formula is C29H31N3O4. The number of benzene rings is 3. The number of carbonyl (C=O) groups excluding carboxylic acids is 2. The summed E-state index contributed by atoms with van der Waals surface area (Å²) in [5, 5.41) is 6.89. The first-order valence-electron chi connectivity index (χ1n) is 11.9. The molecule has 0 spiro atoms. The van der Waals surface area contributed by atoms with Gasteiger partial charge in [-0.3, -0.25) is 4.79 Å². The van der Waals surface area contributed by atoms with Crippen molar-refractivity contribution in [3.63, 3.8) is 0 Å². The summed E-state index contributed by atoms with van der Waals surface area (Å²) in [6.07, 6.45) is 1.49. The van der Waals surface area contributed by atoms with Crippen molar-refractivity contribution in [3.05, 3.63) is 102 Å². The number of H-pyrrole nitrogens is 1. The van der Waals surface area contributed by atoms with Crippen LogP contribution in [0.3, 0.4) is 0 Å². The van der Waals surface area contributed by atoms with Crippen molar-refractivity contribution in [3.8, 4) is 5.75 Å². The molecule has 36 heavy (non-hydrogen) atoms. The number of alkyl carbamates (subject to hydrolysis) is 1. The van der Waals surface area contributed by atoms with Gasteiger partial charge >= 0.3 is 6.09 Å². The predicted octanol–water partition coefficient (Wildman–Crippen LogP) is 5.28. The quantitative estimate of drug-likeness (QED) is 0.301. The van der Waals surface area contributed by atoms with Crippen molar-refractivity contribution in [2.45, 2.75) is 38.5 Å². The summed E-state index contributed by atoms with van der Waals surface area (Å²) in [5.41, 5.74) is 2.42. The second-order valence-corrected chi connectivity index (χ2v) is 9.02. The normalized spacial score (nSPS) is 13.4. The highest BCUT2D eigenvalue weighted by Gasteiger charge is 2.37. The molecule has 0 unspecified atom stereocenters. The number of methoxy groups -OCH3 is 1. The summed E-state index contributed by atoms with van der Waals surface area (Å²) in [4.78, 5) is 29.7. The van der Waals surface area contributed by atoms with Gasteiger partial charge in [0.15, 0.2) is 0 Å². The molecule has 4 rings (SSSR count). The average molecular weight is 486 g/mol. The van der Waals surface area contributed by atoms with Crippen molar-refractivity contribution in [1.29, 1.82) is 0 Å². The highest BCUT2D eigenvalue weighted by Crippen LogP contribution is 2.24. The van der Waals surface area contributed by atoms with E-state index in [9.17, 15) is 9.59 Å². The molecule has 0 aliphatic rings. The van der Waals surface area contributed by atoms with E-state index in [0.717, 1.165) is 33.3 Å². The molecule has 0 radical (unpaired) electrons. The van der Waals surface area contributed by atoms with Gasteiger partial charge in [0.25, 0.3) is 0 Å². The minimum Gasteiger partial charge on any atom is -0.497 e. The van der Waals surface area contributed by atoms with Crippen LogP contribution in [-0.2, 0) is 22.6 Å². The number of aromatic nitrogens is 1. The Bertz CT molecular complexity index is 1320. The zero-order chi connectivity index (χ0) is 25.5. The molecule has 2 atom stereocenters. The van der Waals surface area contributed by atoms with Gasteiger partial charge in [-0.05, 0) is 48.7 Å². The molecule has 1 heterocycles. The maximum atomic E-state index is 13.6. The zero-order valence-corrected chi connectivity index (χ0v) is 20.7. The first-order chi connectivity index (χ1) is 17.4. The maximum Gasteiger partial charge on any atom is 0.408 e. The number of hydrogen-bond donors (Lipinski definition) is 3. The number of amides is 2. The molecule has 3 aromatic carbocycles. The zero-order valence-electron chi connectivity index (χ0n) is 20.7. The SMILES string of the molecule is COc1ccc(COC(=O)N[C@](C)(Cc2c[nH]c3ccccc23)C(=O)N[C@@H](C)c2ccccc2)cc1. The Labute approximate surface area is 210 Å². The average Bonchev–Trinajstić information content (AvgIpc) is 3.30. The summed E-state index contributed by atoms with van der Waals surface area (Å²) < 4.78 is 10.6. The van der Waals surface area contributed by atoms with Gasteiger partial charge in [0.2, 0.25) is 5.91 Å². The van der Waals surface area contributed by atoms with E-state index in [1.807, 2.05) is 79.9 Å². The number of para-hydroxylation sites is 1. The van der Waals surface area contributed by atoms with Crippen LogP contribution in [0, 0.1) is 0 Å². The molecule has 4 aromatic rings. The molecular weight excluding hydrogens is 454 g/mol. The third kappa shape index (κ3) is 5.86. The number of carbonyl (C=O) groups is 2. The predicted molar refractivity (Wildman–Crippen MR) is 140 cm³/mol. The van der Waals surface area contributed by atoms with Crippen molar-refractivity contribution in [1.82, 2.24) is 15.6 Å². The number of rotatable bonds is 9. The molecule has 0 saturated heterocycles. The monoisotopic (exact) mass is 485 g/mol. The third-order valence-electron chi connectivity index (χ3n) is 6.27. The molecule has 2 amide bonds. The second kappa shape index (κ2) is 11.0. The van der Waals surface area contributed by atoms with Crippen molar-refractivity contribution in [2.24, 2.45) is 0 Å². The van der Waals surface area contributed by atoms with E-state index in [2.05, 4.69) is 15.6 Å². The number of aromatic amines is 1. The molecule has 3 N–H and O–H groups in total. The fourth-order valence-electron chi connectivity index (χ4n) is 4.15. The van der Waals surface area contributed by atoms with E-state index in [0.29, 0.717) is 0 Å². The van der Waals surface area contributed by atoms with E-state index in [1.54, 1.807) is 26.2 Å². The van der Waals surface area contributed by atoms with E-state index in [1.165, 1.54) is 0 Å². The number of ether oxygens (including phenoxy) is 2. The van der Waals surface area contributed by atoms with Crippen molar-refractivity contribution >= 4 is 22.9 Å². The Morgan fingerprint density at radius 3 is 2.39 bits per heavy atom. The highest BCUT2D eigenvalue weighted by molar-refractivity contribution is 5.91. The lowest BCUT2D eigenvalue weighted by Gasteiger charge is -2.31. The van der Waals surface area contributed by atoms with Crippen LogP contribution >= 0.6 is 0 Å². The summed E-state index contributed by atoms with van der Waals surface area (Å²) in [6.45, 7) is 3.71. The number of hydrogen-bond acceptors (Lipinski definition) is 4. The first-order valence-corrected chi connectivity index (χ1v) is 11.9. The van der Waals surface area contributed by atoms with E-state index in [4.69, 9.17) is 9.47 Å². The summed E-state index contributed by atoms with van der Waals surface area (Å²) in [6, 6.07) is 24.6. The molecule has 7 nitrogen and oxygen atoms in total. The van der Waals surface area contributed by atoms with Crippen LogP contribution in [0.4, 0.5) is 4.79 Å². The van der Waals surface area contributed by atoms with Crippen LogP contribution < -0.4 is 15.4 Å². The summed E-state index contributed by atoms with van der Waals surface area (Å²) >= 11 is 0. The fourth-order valence-corrected chi connectivity index (χ4v) is 4.15. The van der Waals surface area contributed by atoms with E-state index < -0.39 is 11.6 Å². The Balaban J connectivity index is 1.52. The molecule has 186 valence electrons. The van der Waals surface area contributed by atoms with Crippen LogP contribution in [0.15, 0.2) is 85.1 Å². The van der Waals surface area contributed by atoms with Gasteiger partial charge in [0, 0.05) is 23.5 Å². The minimum absolute atomic E-state index is 0.0705. The smallest absolute Gasteiger partial charge is 0.408 e. The van der Waals surface area contributed by atoms with Crippen molar-refractivity contribution in [2.75, 3.05) is 7.11 Å². The van der Waals surface area contributed by atoms with Gasteiger partial charge in [-0.1, -0.05) is 60.7 Å². The Morgan fingerprint density at radius 1 is 0.972 bits per heavy atom. The molecule has 0 aliphatic heterocycles. The van der Waals surface area contributed by atoms with Gasteiger partial charge in [-0.15, -0.1) is 0 Å². The Kier molecular flexibility index (Phi) is 7.59. The molecule has 0 bridgehead atoms. The van der Waals surface area contributed by atoms with Crippen molar-refractivity contribution < 1.29 is 19.1 Å². The summed E-state index contributed by atoms with van der Waals surface area (Å²) in [5.74, 6) is 0.421.